The van der Waals surface area contributed by atoms with Crippen molar-refractivity contribution in [3.05, 3.63) is 29.8 Å². The van der Waals surface area contributed by atoms with Gasteiger partial charge in [-0.1, -0.05) is 44.2 Å². The highest BCUT2D eigenvalue weighted by Crippen LogP contribution is 2.16. The molecule has 122 valence electrons. The maximum atomic E-state index is 11.9. The average Bonchev–Trinajstić information content (AvgIpc) is 2.52. The Kier molecular flexibility index (Phi) is 7.23. The molecule has 1 aliphatic rings. The standard InChI is InChI=1S/C18H28N2O2/c1-22-17-11-9-15(10-12-17)13-20-18(21)14-19-16-7-5-3-2-4-6-8-16/h9-12,16,19H,2-8,13-14H2,1H3,(H,20,21). The lowest BCUT2D eigenvalue weighted by molar-refractivity contribution is -0.120. The van der Waals surface area contributed by atoms with Gasteiger partial charge < -0.3 is 15.4 Å². The van der Waals surface area contributed by atoms with Gasteiger partial charge in [-0.25, -0.2) is 0 Å². The van der Waals surface area contributed by atoms with Crippen LogP contribution in [-0.2, 0) is 11.3 Å². The Morgan fingerprint density at radius 3 is 2.36 bits per heavy atom. The number of carbonyl (C=O) groups is 1. The number of rotatable bonds is 6. The van der Waals surface area contributed by atoms with Crippen molar-refractivity contribution in [3.63, 3.8) is 0 Å². The van der Waals surface area contributed by atoms with Crippen molar-refractivity contribution in [2.24, 2.45) is 0 Å². The Bertz CT molecular complexity index is 437. The van der Waals surface area contributed by atoms with E-state index in [2.05, 4.69) is 10.6 Å². The first-order valence-electron chi connectivity index (χ1n) is 8.41. The Balaban J connectivity index is 1.66. The van der Waals surface area contributed by atoms with Crippen LogP contribution in [0.3, 0.4) is 0 Å². The lowest BCUT2D eigenvalue weighted by Crippen LogP contribution is -2.39. The summed E-state index contributed by atoms with van der Waals surface area (Å²) in [6.45, 7) is 0.982. The summed E-state index contributed by atoms with van der Waals surface area (Å²) in [4.78, 5) is 11.9. The Morgan fingerprint density at radius 2 is 1.73 bits per heavy atom. The van der Waals surface area contributed by atoms with E-state index in [0.717, 1.165) is 11.3 Å². The molecule has 1 aromatic carbocycles. The van der Waals surface area contributed by atoms with E-state index in [-0.39, 0.29) is 5.91 Å². The number of amides is 1. The molecule has 4 heteroatoms. The molecule has 1 aromatic rings. The first-order chi connectivity index (χ1) is 10.8. The van der Waals surface area contributed by atoms with Crippen LogP contribution >= 0.6 is 0 Å². The number of hydrogen-bond donors (Lipinski definition) is 2. The average molecular weight is 304 g/mol. The summed E-state index contributed by atoms with van der Waals surface area (Å²) >= 11 is 0. The molecule has 0 spiro atoms. The van der Waals surface area contributed by atoms with Crippen LogP contribution in [0.5, 0.6) is 5.75 Å². The molecule has 1 aliphatic carbocycles. The summed E-state index contributed by atoms with van der Waals surface area (Å²) in [7, 11) is 1.65. The quantitative estimate of drug-likeness (QED) is 0.849. The number of ether oxygens (including phenoxy) is 1. The van der Waals surface area contributed by atoms with Gasteiger partial charge in [-0.05, 0) is 30.5 Å². The maximum Gasteiger partial charge on any atom is 0.234 e. The van der Waals surface area contributed by atoms with Crippen LogP contribution in [0.1, 0.15) is 50.5 Å². The topological polar surface area (TPSA) is 50.4 Å². The third-order valence-corrected chi connectivity index (χ3v) is 4.31. The van der Waals surface area contributed by atoms with Crippen LogP contribution in [0.15, 0.2) is 24.3 Å². The predicted octanol–water partition coefficient (Wildman–Crippen LogP) is 3.01. The highest BCUT2D eigenvalue weighted by molar-refractivity contribution is 5.78. The SMILES string of the molecule is COc1ccc(CNC(=O)CNC2CCCCCCC2)cc1. The van der Waals surface area contributed by atoms with E-state index < -0.39 is 0 Å². The highest BCUT2D eigenvalue weighted by Gasteiger charge is 2.12. The first-order valence-corrected chi connectivity index (χ1v) is 8.41. The molecule has 1 amide bonds. The van der Waals surface area contributed by atoms with Crippen molar-refractivity contribution < 1.29 is 9.53 Å². The third-order valence-electron chi connectivity index (χ3n) is 4.31. The minimum Gasteiger partial charge on any atom is -0.497 e. The van der Waals surface area contributed by atoms with Crippen molar-refractivity contribution in [1.82, 2.24) is 10.6 Å². The van der Waals surface area contributed by atoms with E-state index in [1.807, 2.05) is 24.3 Å². The molecule has 22 heavy (non-hydrogen) atoms. The van der Waals surface area contributed by atoms with Gasteiger partial charge in [-0.3, -0.25) is 4.79 Å². The normalized spacial score (nSPS) is 16.6. The van der Waals surface area contributed by atoms with E-state index in [4.69, 9.17) is 4.74 Å². The number of hydrogen-bond acceptors (Lipinski definition) is 3. The summed E-state index contributed by atoms with van der Waals surface area (Å²) in [6.07, 6.45) is 9.01. The van der Waals surface area contributed by atoms with Crippen LogP contribution < -0.4 is 15.4 Å². The van der Waals surface area contributed by atoms with E-state index in [1.165, 1.54) is 44.9 Å². The molecule has 1 fully saturated rings. The molecule has 2 N–H and O–H groups in total. The zero-order valence-electron chi connectivity index (χ0n) is 13.6. The first kappa shape index (κ1) is 16.8. The zero-order chi connectivity index (χ0) is 15.6. The monoisotopic (exact) mass is 304 g/mol. The molecule has 2 rings (SSSR count). The van der Waals surface area contributed by atoms with Crippen molar-refractivity contribution in [3.8, 4) is 5.75 Å². The van der Waals surface area contributed by atoms with Gasteiger partial charge in [0.2, 0.25) is 5.91 Å². The highest BCUT2D eigenvalue weighted by atomic mass is 16.5. The number of nitrogens with one attached hydrogen (secondary N) is 2. The molecular weight excluding hydrogens is 276 g/mol. The molecule has 0 unspecified atom stereocenters. The van der Waals surface area contributed by atoms with Gasteiger partial charge >= 0.3 is 0 Å². The van der Waals surface area contributed by atoms with Gasteiger partial charge in [0.1, 0.15) is 5.75 Å². The number of methoxy groups -OCH3 is 1. The van der Waals surface area contributed by atoms with Crippen LogP contribution in [0.4, 0.5) is 0 Å². The van der Waals surface area contributed by atoms with Gasteiger partial charge in [-0.15, -0.1) is 0 Å². The van der Waals surface area contributed by atoms with E-state index in [9.17, 15) is 4.79 Å². The molecule has 1 saturated carbocycles. The van der Waals surface area contributed by atoms with Gasteiger partial charge in [-0.2, -0.15) is 0 Å². The van der Waals surface area contributed by atoms with E-state index in [0.29, 0.717) is 19.1 Å². The van der Waals surface area contributed by atoms with Gasteiger partial charge in [0.25, 0.3) is 0 Å². The number of carbonyl (C=O) groups excluding carboxylic acids is 1. The molecule has 0 atom stereocenters. The molecular formula is C18H28N2O2. The maximum absolute atomic E-state index is 11.9. The second-order valence-electron chi connectivity index (χ2n) is 6.05. The van der Waals surface area contributed by atoms with Gasteiger partial charge in [0, 0.05) is 12.6 Å². The van der Waals surface area contributed by atoms with E-state index in [1.54, 1.807) is 7.11 Å². The van der Waals surface area contributed by atoms with Crippen molar-refractivity contribution in [1.29, 1.82) is 0 Å². The second kappa shape index (κ2) is 9.46. The molecule has 0 saturated heterocycles. The van der Waals surface area contributed by atoms with Crippen molar-refractivity contribution in [2.75, 3.05) is 13.7 Å². The molecule has 0 bridgehead atoms. The summed E-state index contributed by atoms with van der Waals surface area (Å²) in [5.74, 6) is 0.902. The minimum atomic E-state index is 0.0675. The third kappa shape index (κ3) is 6.06. The smallest absolute Gasteiger partial charge is 0.234 e. The van der Waals surface area contributed by atoms with Crippen molar-refractivity contribution in [2.45, 2.75) is 57.5 Å². The molecule has 0 radical (unpaired) electrons. The fourth-order valence-corrected chi connectivity index (χ4v) is 2.90. The second-order valence-corrected chi connectivity index (χ2v) is 6.05. The van der Waals surface area contributed by atoms with Crippen LogP contribution in [0.2, 0.25) is 0 Å². The molecule has 0 aliphatic heterocycles. The van der Waals surface area contributed by atoms with Crippen LogP contribution in [0.25, 0.3) is 0 Å². The van der Waals surface area contributed by atoms with Crippen LogP contribution in [0, 0.1) is 0 Å². The number of benzene rings is 1. The largest absolute Gasteiger partial charge is 0.497 e. The fraction of sp³-hybridized carbons (Fsp3) is 0.611. The minimum absolute atomic E-state index is 0.0675. The Hall–Kier alpha value is -1.55. The lowest BCUT2D eigenvalue weighted by Gasteiger charge is -2.20. The summed E-state index contributed by atoms with van der Waals surface area (Å²) < 4.78 is 5.12. The lowest BCUT2D eigenvalue weighted by atomic mass is 9.97. The summed E-state index contributed by atoms with van der Waals surface area (Å²) in [5.41, 5.74) is 1.08. The molecule has 0 aromatic heterocycles. The molecule has 0 heterocycles. The summed E-state index contributed by atoms with van der Waals surface area (Å²) in [6, 6.07) is 8.28. The van der Waals surface area contributed by atoms with Crippen molar-refractivity contribution >= 4 is 5.91 Å². The van der Waals surface area contributed by atoms with Crippen LogP contribution in [-0.4, -0.2) is 25.6 Å². The Morgan fingerprint density at radius 1 is 1.09 bits per heavy atom. The molecule has 4 nitrogen and oxygen atoms in total. The van der Waals surface area contributed by atoms with Gasteiger partial charge in [0.05, 0.1) is 13.7 Å². The predicted molar refractivity (Wildman–Crippen MR) is 89.0 cm³/mol. The summed E-state index contributed by atoms with van der Waals surface area (Å²) in [5, 5.41) is 6.37. The Labute approximate surface area is 133 Å². The zero-order valence-corrected chi connectivity index (χ0v) is 13.6. The van der Waals surface area contributed by atoms with E-state index >= 15 is 0 Å². The van der Waals surface area contributed by atoms with Gasteiger partial charge in [0.15, 0.2) is 0 Å². The fourth-order valence-electron chi connectivity index (χ4n) is 2.90.